The highest BCUT2D eigenvalue weighted by Crippen LogP contribution is 2.24. The van der Waals surface area contributed by atoms with Crippen molar-refractivity contribution < 1.29 is 15.0 Å². The van der Waals surface area contributed by atoms with E-state index in [1.165, 1.54) is 6.07 Å². The summed E-state index contributed by atoms with van der Waals surface area (Å²) in [4.78, 5) is 19.4. The van der Waals surface area contributed by atoms with E-state index in [0.717, 1.165) is 10.8 Å². The average molecular weight is 266 g/mol. The minimum atomic E-state index is -1.09. The van der Waals surface area contributed by atoms with Crippen LogP contribution in [0.2, 0.25) is 0 Å². The number of rotatable bonds is 2. The van der Waals surface area contributed by atoms with Gasteiger partial charge in [0.25, 0.3) is 0 Å². The van der Waals surface area contributed by atoms with Gasteiger partial charge in [-0.05, 0) is 12.1 Å². The summed E-state index contributed by atoms with van der Waals surface area (Å²) in [6.07, 6.45) is 0. The fourth-order valence-corrected chi connectivity index (χ4v) is 2.05. The number of nitrogens with zero attached hydrogens (tertiary/aromatic N) is 2. The van der Waals surface area contributed by atoms with Gasteiger partial charge in [0.05, 0.1) is 11.0 Å². The second-order valence-electron chi connectivity index (χ2n) is 4.35. The van der Waals surface area contributed by atoms with Crippen molar-refractivity contribution in [2.24, 2.45) is 0 Å². The number of aromatic nitrogens is 2. The Bertz CT molecular complexity index is 799. The molecule has 0 amide bonds. The fourth-order valence-electron chi connectivity index (χ4n) is 2.05. The van der Waals surface area contributed by atoms with Crippen molar-refractivity contribution >= 4 is 33.5 Å². The number of benzene rings is 1. The molecule has 0 aliphatic carbocycles. The zero-order valence-electron chi connectivity index (χ0n) is 10.4. The first-order valence-corrected chi connectivity index (χ1v) is 5.88. The van der Waals surface area contributed by atoms with Gasteiger partial charge in [0.2, 0.25) is 0 Å². The summed E-state index contributed by atoms with van der Waals surface area (Å²) in [6, 6.07) is 10.3. The first-order valence-electron chi connectivity index (χ1n) is 5.88. The third kappa shape index (κ3) is 1.85. The van der Waals surface area contributed by atoms with Crippen LogP contribution in [-0.2, 0) is 0 Å². The molecule has 0 atom stereocenters. The summed E-state index contributed by atoms with van der Waals surface area (Å²) in [7, 11) is 0. The minimum Gasteiger partial charge on any atom is -0.506 e. The zero-order valence-corrected chi connectivity index (χ0v) is 10.4. The molecule has 2 aromatic heterocycles. The molecule has 20 heavy (non-hydrogen) atoms. The molecule has 5 heteroatoms. The van der Waals surface area contributed by atoms with Gasteiger partial charge >= 0.3 is 5.97 Å². The highest BCUT2D eigenvalue weighted by molar-refractivity contribution is 6.04. The van der Waals surface area contributed by atoms with Crippen LogP contribution in [0.4, 0.5) is 0 Å². The summed E-state index contributed by atoms with van der Waals surface area (Å²) < 4.78 is 0. The first kappa shape index (κ1) is 12.1. The molecule has 3 rings (SSSR count). The maximum atomic E-state index is 11.0. The number of fused-ring (bicyclic) bond motifs is 3. The first-order chi connectivity index (χ1) is 9.56. The topological polar surface area (TPSA) is 83.3 Å². The SMILES string of the molecule is C=C(O)c1ccc2ccc3ccc(C(=O)O)nc3c2n1. The molecule has 0 aliphatic heterocycles. The maximum Gasteiger partial charge on any atom is 0.354 e. The number of aromatic carboxylic acids is 1. The largest absolute Gasteiger partial charge is 0.506 e. The molecule has 3 aromatic rings. The smallest absolute Gasteiger partial charge is 0.354 e. The van der Waals surface area contributed by atoms with Crippen LogP contribution in [0.5, 0.6) is 0 Å². The van der Waals surface area contributed by atoms with Crippen LogP contribution >= 0.6 is 0 Å². The highest BCUT2D eigenvalue weighted by atomic mass is 16.4. The number of aliphatic hydroxyl groups excluding tert-OH is 1. The average Bonchev–Trinajstić information content (AvgIpc) is 2.45. The second kappa shape index (κ2) is 4.31. The molecule has 5 nitrogen and oxygen atoms in total. The summed E-state index contributed by atoms with van der Waals surface area (Å²) >= 11 is 0. The number of aliphatic hydroxyl groups is 1. The Labute approximate surface area is 113 Å². The summed E-state index contributed by atoms with van der Waals surface area (Å²) in [6.45, 7) is 3.44. The molecule has 0 aliphatic rings. The van der Waals surface area contributed by atoms with Gasteiger partial charge in [-0.15, -0.1) is 0 Å². The molecule has 1 aromatic carbocycles. The number of carboxylic acids is 1. The van der Waals surface area contributed by atoms with Crippen molar-refractivity contribution in [2.45, 2.75) is 0 Å². The summed E-state index contributed by atoms with van der Waals surface area (Å²) in [5.74, 6) is -1.23. The lowest BCUT2D eigenvalue weighted by Gasteiger charge is -2.05. The van der Waals surface area contributed by atoms with Crippen LogP contribution in [0, 0.1) is 0 Å². The summed E-state index contributed by atoms with van der Waals surface area (Å²) in [5.41, 5.74) is 1.33. The van der Waals surface area contributed by atoms with Gasteiger partial charge in [-0.3, -0.25) is 0 Å². The molecule has 0 bridgehead atoms. The Morgan fingerprint density at radius 3 is 1.80 bits per heavy atom. The van der Waals surface area contributed by atoms with Gasteiger partial charge in [-0.2, -0.15) is 0 Å². The second-order valence-corrected chi connectivity index (χ2v) is 4.35. The van der Waals surface area contributed by atoms with E-state index >= 15 is 0 Å². The van der Waals surface area contributed by atoms with E-state index in [1.54, 1.807) is 18.2 Å². The molecular weight excluding hydrogens is 256 g/mol. The standard InChI is InChI=1S/C15H10N2O3/c1-8(18)11-6-4-9-2-3-10-5-7-12(15(19)20)17-14(10)13(9)16-11/h2-7,18H,1H2,(H,19,20). The van der Waals surface area contributed by atoms with E-state index in [4.69, 9.17) is 5.11 Å². The van der Waals surface area contributed by atoms with Crippen molar-refractivity contribution in [3.8, 4) is 0 Å². The van der Waals surface area contributed by atoms with Crippen LogP contribution in [0.1, 0.15) is 16.2 Å². The van der Waals surface area contributed by atoms with Crippen molar-refractivity contribution in [1.29, 1.82) is 0 Å². The normalized spacial score (nSPS) is 10.8. The van der Waals surface area contributed by atoms with Crippen molar-refractivity contribution in [2.75, 3.05) is 0 Å². The quantitative estimate of drug-likeness (QED) is 0.550. The van der Waals surface area contributed by atoms with Gasteiger partial charge in [0.15, 0.2) is 0 Å². The number of hydrogen-bond donors (Lipinski definition) is 2. The summed E-state index contributed by atoms with van der Waals surface area (Å²) in [5, 5.41) is 20.1. The van der Waals surface area contributed by atoms with E-state index < -0.39 is 5.97 Å². The molecule has 98 valence electrons. The minimum absolute atomic E-state index is 0.0416. The molecule has 2 heterocycles. The molecule has 0 unspecified atom stereocenters. The number of carbonyl (C=O) groups is 1. The van der Waals surface area contributed by atoms with E-state index in [9.17, 15) is 9.90 Å². The predicted molar refractivity (Wildman–Crippen MR) is 75.7 cm³/mol. The molecule has 0 saturated heterocycles. The van der Waals surface area contributed by atoms with Gasteiger partial charge in [0, 0.05) is 10.8 Å². The van der Waals surface area contributed by atoms with Gasteiger partial charge in [0.1, 0.15) is 17.1 Å². The lowest BCUT2D eigenvalue weighted by molar-refractivity contribution is 0.0691. The van der Waals surface area contributed by atoms with Crippen molar-refractivity contribution in [3.05, 3.63) is 54.4 Å². The van der Waals surface area contributed by atoms with E-state index in [2.05, 4.69) is 16.5 Å². The Morgan fingerprint density at radius 2 is 1.30 bits per heavy atom. The van der Waals surface area contributed by atoms with Crippen LogP contribution in [-0.4, -0.2) is 26.2 Å². The molecule has 2 N–H and O–H groups in total. The van der Waals surface area contributed by atoms with Crippen molar-refractivity contribution in [1.82, 2.24) is 9.97 Å². The highest BCUT2D eigenvalue weighted by Gasteiger charge is 2.10. The predicted octanol–water partition coefficient (Wildman–Crippen LogP) is 3.01. The van der Waals surface area contributed by atoms with E-state index in [0.29, 0.717) is 16.7 Å². The number of hydrogen-bond acceptors (Lipinski definition) is 4. The monoisotopic (exact) mass is 266 g/mol. The van der Waals surface area contributed by atoms with Gasteiger partial charge in [-0.25, -0.2) is 14.8 Å². The molecule has 0 saturated carbocycles. The molecular formula is C15H10N2O3. The molecule has 0 fully saturated rings. The Morgan fingerprint density at radius 1 is 0.850 bits per heavy atom. The van der Waals surface area contributed by atoms with Crippen LogP contribution in [0.25, 0.3) is 27.6 Å². The van der Waals surface area contributed by atoms with Crippen LogP contribution < -0.4 is 0 Å². The third-order valence-corrected chi connectivity index (χ3v) is 3.03. The number of carboxylic acid groups (broad SMARTS) is 1. The van der Waals surface area contributed by atoms with E-state index in [-0.39, 0.29) is 11.5 Å². The van der Waals surface area contributed by atoms with Crippen LogP contribution in [0.3, 0.4) is 0 Å². The van der Waals surface area contributed by atoms with Crippen LogP contribution in [0.15, 0.2) is 43.0 Å². The fraction of sp³-hybridized carbons (Fsp3) is 0. The third-order valence-electron chi connectivity index (χ3n) is 3.03. The Balaban J connectivity index is 2.41. The number of pyridine rings is 2. The van der Waals surface area contributed by atoms with Gasteiger partial charge in [-0.1, -0.05) is 30.8 Å². The molecule has 0 spiro atoms. The zero-order chi connectivity index (χ0) is 14.3. The molecule has 0 radical (unpaired) electrons. The Kier molecular flexibility index (Phi) is 2.61. The lowest BCUT2D eigenvalue weighted by Crippen LogP contribution is -2.00. The van der Waals surface area contributed by atoms with Gasteiger partial charge < -0.3 is 10.2 Å². The maximum absolute atomic E-state index is 11.0. The van der Waals surface area contributed by atoms with Crippen molar-refractivity contribution in [3.63, 3.8) is 0 Å². The van der Waals surface area contributed by atoms with E-state index in [1.807, 2.05) is 12.1 Å². The lowest BCUT2D eigenvalue weighted by atomic mass is 10.1. The Hall–Kier alpha value is -2.95.